The third-order valence-electron chi connectivity index (χ3n) is 2.42. The van der Waals surface area contributed by atoms with E-state index in [2.05, 4.69) is 0 Å². The molecule has 0 radical (unpaired) electrons. The van der Waals surface area contributed by atoms with E-state index in [0.29, 0.717) is 6.54 Å². The van der Waals surface area contributed by atoms with Crippen molar-refractivity contribution in [1.29, 1.82) is 5.26 Å². The molecule has 0 spiro atoms. The number of amides is 1. The molecule has 0 fully saturated rings. The number of benzene rings is 1. The number of nitriles is 1. The quantitative estimate of drug-likeness (QED) is 0.667. The lowest BCUT2D eigenvalue weighted by Crippen LogP contribution is -2.28. The van der Waals surface area contributed by atoms with Gasteiger partial charge in [-0.2, -0.15) is 5.26 Å². The first kappa shape index (κ1) is 8.76. The Morgan fingerprint density at radius 1 is 1.50 bits per heavy atom. The van der Waals surface area contributed by atoms with Crippen molar-refractivity contribution >= 4 is 11.6 Å². The molecule has 14 heavy (non-hydrogen) atoms. The summed E-state index contributed by atoms with van der Waals surface area (Å²) >= 11 is 0. The van der Waals surface area contributed by atoms with Crippen molar-refractivity contribution in [1.82, 2.24) is 0 Å². The molecule has 0 unspecified atom stereocenters. The van der Waals surface area contributed by atoms with E-state index in [1.807, 2.05) is 30.3 Å². The van der Waals surface area contributed by atoms with Crippen LogP contribution in [0.5, 0.6) is 0 Å². The monoisotopic (exact) mass is 186 g/mol. The minimum absolute atomic E-state index is 0.0334. The number of nitrogens with zero attached hydrogens (tertiary/aromatic N) is 2. The van der Waals surface area contributed by atoms with Crippen molar-refractivity contribution in [2.24, 2.45) is 0 Å². The van der Waals surface area contributed by atoms with E-state index in [4.69, 9.17) is 5.26 Å². The molecule has 1 aliphatic heterocycles. The van der Waals surface area contributed by atoms with Gasteiger partial charge in [0.05, 0.1) is 6.07 Å². The van der Waals surface area contributed by atoms with Gasteiger partial charge in [-0.05, 0) is 18.1 Å². The maximum atomic E-state index is 11.5. The van der Waals surface area contributed by atoms with Crippen LogP contribution in [0.1, 0.15) is 12.0 Å². The summed E-state index contributed by atoms with van der Waals surface area (Å²) in [4.78, 5) is 13.2. The van der Waals surface area contributed by atoms with Gasteiger partial charge in [-0.1, -0.05) is 18.2 Å². The number of hydrogen-bond donors (Lipinski definition) is 0. The Kier molecular flexibility index (Phi) is 2.19. The molecule has 0 saturated heterocycles. The van der Waals surface area contributed by atoms with Gasteiger partial charge in [-0.15, -0.1) is 0 Å². The van der Waals surface area contributed by atoms with Crippen molar-refractivity contribution in [3.8, 4) is 6.07 Å². The van der Waals surface area contributed by atoms with Crippen LogP contribution in [0, 0.1) is 11.3 Å². The van der Waals surface area contributed by atoms with Crippen molar-refractivity contribution < 1.29 is 4.79 Å². The summed E-state index contributed by atoms with van der Waals surface area (Å²) in [7, 11) is 0. The smallest absolute Gasteiger partial charge is 0.241 e. The zero-order valence-electron chi connectivity index (χ0n) is 7.73. The van der Waals surface area contributed by atoms with E-state index in [9.17, 15) is 4.79 Å². The number of carbonyl (C=O) groups excluding carboxylic acids is 1. The van der Waals surface area contributed by atoms with E-state index in [-0.39, 0.29) is 12.3 Å². The molecule has 1 aromatic carbocycles. The molecular formula is C11H10N2O. The van der Waals surface area contributed by atoms with Crippen LogP contribution in [0.2, 0.25) is 0 Å². The minimum Gasteiger partial charge on any atom is -0.311 e. The molecular weight excluding hydrogens is 176 g/mol. The molecule has 3 heteroatoms. The number of rotatable bonds is 1. The van der Waals surface area contributed by atoms with E-state index in [1.165, 1.54) is 5.56 Å². The molecule has 0 aliphatic carbocycles. The SMILES string of the molecule is N#CCC(=O)N1CCc2ccccc21. The van der Waals surface area contributed by atoms with Gasteiger partial charge in [0.2, 0.25) is 5.91 Å². The van der Waals surface area contributed by atoms with Gasteiger partial charge in [0, 0.05) is 12.2 Å². The van der Waals surface area contributed by atoms with Crippen molar-refractivity contribution in [3.63, 3.8) is 0 Å². The van der Waals surface area contributed by atoms with Crippen molar-refractivity contribution in [2.75, 3.05) is 11.4 Å². The highest BCUT2D eigenvalue weighted by Crippen LogP contribution is 2.27. The van der Waals surface area contributed by atoms with E-state index in [1.54, 1.807) is 4.90 Å². The molecule has 2 rings (SSSR count). The highest BCUT2D eigenvalue weighted by molar-refractivity contribution is 5.96. The van der Waals surface area contributed by atoms with Crippen LogP contribution >= 0.6 is 0 Å². The summed E-state index contributed by atoms with van der Waals surface area (Å²) in [5.74, 6) is -0.0996. The predicted molar refractivity (Wildman–Crippen MR) is 52.7 cm³/mol. The van der Waals surface area contributed by atoms with Gasteiger partial charge in [0.15, 0.2) is 0 Å². The van der Waals surface area contributed by atoms with E-state index >= 15 is 0 Å². The summed E-state index contributed by atoms with van der Waals surface area (Å²) in [5.41, 5.74) is 2.16. The molecule has 0 N–H and O–H groups in total. The second kappa shape index (κ2) is 3.51. The molecule has 0 atom stereocenters. The lowest BCUT2D eigenvalue weighted by molar-refractivity contribution is -0.117. The number of carbonyl (C=O) groups is 1. The summed E-state index contributed by atoms with van der Waals surface area (Å²) in [6.07, 6.45) is 0.863. The molecule has 70 valence electrons. The molecule has 3 nitrogen and oxygen atoms in total. The third-order valence-corrected chi connectivity index (χ3v) is 2.42. The summed E-state index contributed by atoms with van der Waals surface area (Å²) in [6.45, 7) is 0.708. The van der Waals surface area contributed by atoms with Gasteiger partial charge < -0.3 is 4.90 Å². The number of hydrogen-bond acceptors (Lipinski definition) is 2. The summed E-state index contributed by atoms with van der Waals surface area (Å²) in [5, 5.41) is 8.45. The molecule has 0 saturated carbocycles. The first-order chi connectivity index (χ1) is 6.83. The highest BCUT2D eigenvalue weighted by Gasteiger charge is 2.23. The molecule has 0 aromatic heterocycles. The summed E-state index contributed by atoms with van der Waals surface area (Å²) in [6, 6.07) is 9.72. The van der Waals surface area contributed by atoms with Crippen LogP contribution < -0.4 is 4.90 Å². The normalized spacial score (nSPS) is 13.5. The second-order valence-electron chi connectivity index (χ2n) is 3.26. The van der Waals surface area contributed by atoms with Crippen LogP contribution in [0.3, 0.4) is 0 Å². The Bertz CT molecular complexity index is 406. The number of para-hydroxylation sites is 1. The fourth-order valence-corrected chi connectivity index (χ4v) is 1.76. The second-order valence-corrected chi connectivity index (χ2v) is 3.26. The van der Waals surface area contributed by atoms with Crippen LogP contribution in [0.15, 0.2) is 24.3 Å². The fourth-order valence-electron chi connectivity index (χ4n) is 1.76. The van der Waals surface area contributed by atoms with Gasteiger partial charge in [0.25, 0.3) is 0 Å². The first-order valence-corrected chi connectivity index (χ1v) is 4.58. The largest absolute Gasteiger partial charge is 0.311 e. The van der Waals surface area contributed by atoms with Crippen LogP contribution in [0.25, 0.3) is 0 Å². The molecule has 1 amide bonds. The number of anilines is 1. The lowest BCUT2D eigenvalue weighted by Gasteiger charge is -2.14. The van der Waals surface area contributed by atoms with Gasteiger partial charge >= 0.3 is 0 Å². The average Bonchev–Trinajstić information content (AvgIpc) is 2.61. The van der Waals surface area contributed by atoms with Crippen molar-refractivity contribution in [2.45, 2.75) is 12.8 Å². The Balaban J connectivity index is 2.27. The fraction of sp³-hybridized carbons (Fsp3) is 0.273. The van der Waals surface area contributed by atoms with Gasteiger partial charge in [-0.3, -0.25) is 4.79 Å². The topological polar surface area (TPSA) is 44.1 Å². The maximum Gasteiger partial charge on any atom is 0.241 e. The van der Waals surface area contributed by atoms with Crippen LogP contribution in [0.4, 0.5) is 5.69 Å². The number of fused-ring (bicyclic) bond motifs is 1. The zero-order chi connectivity index (χ0) is 9.97. The molecule has 1 aliphatic rings. The molecule has 1 heterocycles. The van der Waals surface area contributed by atoms with Crippen molar-refractivity contribution in [3.05, 3.63) is 29.8 Å². The Morgan fingerprint density at radius 3 is 3.07 bits per heavy atom. The van der Waals surface area contributed by atoms with Crippen LogP contribution in [-0.2, 0) is 11.2 Å². The molecule has 0 bridgehead atoms. The van der Waals surface area contributed by atoms with Gasteiger partial charge in [0.1, 0.15) is 6.42 Å². The minimum atomic E-state index is -0.0996. The Hall–Kier alpha value is -1.82. The van der Waals surface area contributed by atoms with Crippen LogP contribution in [-0.4, -0.2) is 12.5 Å². The third kappa shape index (κ3) is 1.35. The van der Waals surface area contributed by atoms with Gasteiger partial charge in [-0.25, -0.2) is 0 Å². The standard InChI is InChI=1S/C11H10N2O/c12-7-5-11(14)13-8-6-9-3-1-2-4-10(9)13/h1-4H,5-6,8H2. The van der Waals surface area contributed by atoms with E-state index in [0.717, 1.165) is 12.1 Å². The zero-order valence-corrected chi connectivity index (χ0v) is 7.73. The first-order valence-electron chi connectivity index (χ1n) is 4.58. The highest BCUT2D eigenvalue weighted by atomic mass is 16.2. The maximum absolute atomic E-state index is 11.5. The molecule has 1 aromatic rings. The average molecular weight is 186 g/mol. The predicted octanol–water partition coefficient (Wildman–Crippen LogP) is 1.49. The summed E-state index contributed by atoms with van der Waals surface area (Å²) < 4.78 is 0. The Labute approximate surface area is 82.6 Å². The lowest BCUT2D eigenvalue weighted by atomic mass is 10.2. The Morgan fingerprint density at radius 2 is 2.29 bits per heavy atom. The van der Waals surface area contributed by atoms with E-state index < -0.39 is 0 Å².